The quantitative estimate of drug-likeness (QED) is 0.245. The van der Waals surface area contributed by atoms with Crippen LogP contribution in [0.3, 0.4) is 0 Å². The van der Waals surface area contributed by atoms with E-state index in [1.165, 1.54) is 24.3 Å². The second-order valence-corrected chi connectivity index (χ2v) is 5.80. The van der Waals surface area contributed by atoms with Crippen molar-refractivity contribution in [2.45, 2.75) is 0 Å². The Bertz CT molecular complexity index is 997. The molecule has 2 aromatic carbocycles. The number of aliphatic imine (C=N–C) groups is 1. The van der Waals surface area contributed by atoms with E-state index in [-0.39, 0.29) is 27.9 Å². The van der Waals surface area contributed by atoms with E-state index in [0.717, 1.165) is 0 Å². The third-order valence-corrected chi connectivity index (χ3v) is 3.90. The first-order valence-corrected chi connectivity index (χ1v) is 8.17. The summed E-state index contributed by atoms with van der Waals surface area (Å²) >= 11 is 5.80. The molecule has 136 valence electrons. The summed E-state index contributed by atoms with van der Waals surface area (Å²) in [6.45, 7) is 3.91. The van der Waals surface area contributed by atoms with Crippen LogP contribution >= 0.6 is 11.6 Å². The van der Waals surface area contributed by atoms with Gasteiger partial charge in [-0.1, -0.05) is 42.5 Å². The second-order valence-electron chi connectivity index (χ2n) is 5.40. The number of carbonyl (C=O) groups is 1. The van der Waals surface area contributed by atoms with E-state index in [1.54, 1.807) is 30.3 Å². The molecular formula is C19H13ClN2O5. The predicted octanol–water partition coefficient (Wildman–Crippen LogP) is 4.16. The average Bonchev–Trinajstić information content (AvgIpc) is 3.01. The van der Waals surface area contributed by atoms with E-state index >= 15 is 0 Å². The lowest BCUT2D eigenvalue weighted by atomic mass is 10.1. The minimum Gasteiger partial charge on any atom is -0.489 e. The van der Waals surface area contributed by atoms with Gasteiger partial charge in [-0.3, -0.25) is 10.1 Å². The van der Waals surface area contributed by atoms with Crippen LogP contribution in [0.1, 0.15) is 11.1 Å². The number of benzene rings is 2. The molecule has 1 heterocycles. The third kappa shape index (κ3) is 4.04. The SMILES string of the molecule is C=CCOc1ccccc1/C=C1/N=C(c2ccc(Cl)c([N+](=O)[O-])c2)OC1=O. The van der Waals surface area contributed by atoms with E-state index in [4.69, 9.17) is 21.1 Å². The highest BCUT2D eigenvalue weighted by Gasteiger charge is 2.26. The molecule has 1 aliphatic heterocycles. The third-order valence-electron chi connectivity index (χ3n) is 3.58. The molecule has 1 aliphatic rings. The number of nitro benzene ring substituents is 1. The van der Waals surface area contributed by atoms with Crippen LogP contribution in [0.25, 0.3) is 6.08 Å². The first-order chi connectivity index (χ1) is 13.0. The van der Waals surface area contributed by atoms with Gasteiger partial charge in [-0.25, -0.2) is 9.79 Å². The normalized spacial score (nSPS) is 14.6. The zero-order valence-corrected chi connectivity index (χ0v) is 14.7. The second kappa shape index (κ2) is 7.84. The fourth-order valence-electron chi connectivity index (χ4n) is 2.35. The zero-order valence-electron chi connectivity index (χ0n) is 13.9. The number of para-hydroxylation sites is 1. The van der Waals surface area contributed by atoms with Gasteiger partial charge in [0, 0.05) is 17.2 Å². The number of nitro groups is 1. The maximum atomic E-state index is 12.2. The maximum absolute atomic E-state index is 12.2. The minimum atomic E-state index is -0.666. The Morgan fingerprint density at radius 3 is 2.81 bits per heavy atom. The Labute approximate surface area is 159 Å². The van der Waals surface area contributed by atoms with Crippen molar-refractivity contribution in [3.8, 4) is 5.75 Å². The highest BCUT2D eigenvalue weighted by atomic mass is 35.5. The molecule has 0 unspecified atom stereocenters. The Balaban J connectivity index is 1.96. The first kappa shape index (κ1) is 18.3. The largest absolute Gasteiger partial charge is 0.489 e. The number of rotatable bonds is 6. The van der Waals surface area contributed by atoms with Crippen molar-refractivity contribution < 1.29 is 19.2 Å². The van der Waals surface area contributed by atoms with Gasteiger partial charge in [0.05, 0.1) is 4.92 Å². The van der Waals surface area contributed by atoms with Crippen LogP contribution in [0.2, 0.25) is 5.02 Å². The number of halogens is 1. The van der Waals surface area contributed by atoms with E-state index in [2.05, 4.69) is 11.6 Å². The molecule has 0 aliphatic carbocycles. The number of carbonyl (C=O) groups excluding carboxylic acids is 1. The molecule has 2 aromatic rings. The Morgan fingerprint density at radius 1 is 1.30 bits per heavy atom. The van der Waals surface area contributed by atoms with Gasteiger partial charge in [0.1, 0.15) is 17.4 Å². The van der Waals surface area contributed by atoms with Crippen LogP contribution in [-0.2, 0) is 9.53 Å². The summed E-state index contributed by atoms with van der Waals surface area (Å²) in [6, 6.07) is 11.2. The lowest BCUT2D eigenvalue weighted by Gasteiger charge is -2.06. The topological polar surface area (TPSA) is 91.0 Å². The molecule has 7 nitrogen and oxygen atoms in total. The summed E-state index contributed by atoms with van der Waals surface area (Å²) in [5.41, 5.74) is 0.670. The van der Waals surface area contributed by atoms with Gasteiger partial charge in [-0.15, -0.1) is 0 Å². The van der Waals surface area contributed by atoms with Gasteiger partial charge < -0.3 is 9.47 Å². The van der Waals surface area contributed by atoms with Crippen molar-refractivity contribution in [2.75, 3.05) is 6.61 Å². The zero-order chi connectivity index (χ0) is 19.4. The standard InChI is InChI=1S/C19H13ClN2O5/c1-2-9-26-17-6-4-3-5-12(17)10-15-19(23)27-18(21-15)13-7-8-14(20)16(11-13)22(24)25/h2-8,10-11H,1,9H2/b15-10+. The van der Waals surface area contributed by atoms with Crippen LogP contribution in [0.15, 0.2) is 65.8 Å². The first-order valence-electron chi connectivity index (χ1n) is 7.79. The fourth-order valence-corrected chi connectivity index (χ4v) is 2.53. The molecule has 0 amide bonds. The summed E-state index contributed by atoms with van der Waals surface area (Å²) in [5, 5.41) is 11.0. The van der Waals surface area contributed by atoms with E-state index in [0.29, 0.717) is 17.9 Å². The Kier molecular flexibility index (Phi) is 5.33. The van der Waals surface area contributed by atoms with Crippen LogP contribution in [0.5, 0.6) is 5.75 Å². The monoisotopic (exact) mass is 384 g/mol. The van der Waals surface area contributed by atoms with E-state index in [9.17, 15) is 14.9 Å². The summed E-state index contributed by atoms with van der Waals surface area (Å²) in [7, 11) is 0. The van der Waals surface area contributed by atoms with E-state index in [1.807, 2.05) is 0 Å². The number of cyclic esters (lactones) is 1. The van der Waals surface area contributed by atoms with Crippen LogP contribution in [-0.4, -0.2) is 23.4 Å². The van der Waals surface area contributed by atoms with Gasteiger partial charge in [0.15, 0.2) is 5.70 Å². The highest BCUT2D eigenvalue weighted by Crippen LogP contribution is 2.28. The number of hydrogen-bond donors (Lipinski definition) is 0. The summed E-state index contributed by atoms with van der Waals surface area (Å²) in [6.07, 6.45) is 3.13. The summed E-state index contributed by atoms with van der Waals surface area (Å²) < 4.78 is 10.7. The van der Waals surface area contributed by atoms with Crippen molar-refractivity contribution in [3.63, 3.8) is 0 Å². The molecular weight excluding hydrogens is 372 g/mol. The van der Waals surface area contributed by atoms with Gasteiger partial charge in [-0.2, -0.15) is 0 Å². The molecule has 8 heteroatoms. The lowest BCUT2D eigenvalue weighted by molar-refractivity contribution is -0.384. The molecule has 0 radical (unpaired) electrons. The van der Waals surface area contributed by atoms with Crippen molar-refractivity contribution in [3.05, 3.63) is 87.1 Å². The number of hydrogen-bond acceptors (Lipinski definition) is 6. The van der Waals surface area contributed by atoms with Crippen LogP contribution < -0.4 is 4.74 Å². The van der Waals surface area contributed by atoms with Gasteiger partial charge in [0.25, 0.3) is 5.69 Å². The van der Waals surface area contributed by atoms with E-state index < -0.39 is 10.9 Å². The summed E-state index contributed by atoms with van der Waals surface area (Å²) in [4.78, 5) is 26.7. The van der Waals surface area contributed by atoms with Crippen molar-refractivity contribution in [2.24, 2.45) is 4.99 Å². The molecule has 0 bridgehead atoms. The summed E-state index contributed by atoms with van der Waals surface area (Å²) in [5.74, 6) is -0.139. The average molecular weight is 385 g/mol. The highest BCUT2D eigenvalue weighted by molar-refractivity contribution is 6.32. The molecule has 0 atom stereocenters. The molecule has 0 spiro atoms. The molecule has 27 heavy (non-hydrogen) atoms. The molecule has 0 N–H and O–H groups in total. The van der Waals surface area contributed by atoms with Gasteiger partial charge in [-0.05, 0) is 24.3 Å². The Hall–Kier alpha value is -3.45. The molecule has 0 saturated carbocycles. The number of esters is 1. The molecule has 0 saturated heterocycles. The van der Waals surface area contributed by atoms with Gasteiger partial charge >= 0.3 is 5.97 Å². The van der Waals surface area contributed by atoms with Crippen LogP contribution in [0, 0.1) is 10.1 Å². The van der Waals surface area contributed by atoms with Gasteiger partial charge in [0.2, 0.25) is 5.90 Å². The maximum Gasteiger partial charge on any atom is 0.363 e. The molecule has 0 aromatic heterocycles. The molecule has 3 rings (SSSR count). The number of ether oxygens (including phenoxy) is 2. The van der Waals surface area contributed by atoms with Crippen molar-refractivity contribution >= 4 is 35.2 Å². The minimum absolute atomic E-state index is 0.0160. The number of nitrogens with zero attached hydrogens (tertiary/aromatic N) is 2. The lowest BCUT2D eigenvalue weighted by Crippen LogP contribution is -2.06. The predicted molar refractivity (Wildman–Crippen MR) is 101 cm³/mol. The van der Waals surface area contributed by atoms with Crippen molar-refractivity contribution in [1.82, 2.24) is 0 Å². The van der Waals surface area contributed by atoms with Crippen molar-refractivity contribution in [1.29, 1.82) is 0 Å². The fraction of sp³-hybridized carbons (Fsp3) is 0.0526. The van der Waals surface area contributed by atoms with Crippen LogP contribution in [0.4, 0.5) is 5.69 Å². The molecule has 0 fully saturated rings. The Morgan fingerprint density at radius 2 is 2.07 bits per heavy atom. The smallest absolute Gasteiger partial charge is 0.363 e.